The van der Waals surface area contributed by atoms with E-state index < -0.39 is 12.0 Å². The van der Waals surface area contributed by atoms with Gasteiger partial charge in [-0.15, -0.1) is 5.75 Å². The van der Waals surface area contributed by atoms with Crippen LogP contribution in [0.1, 0.15) is 10.4 Å². The number of hydrogen-bond donors (Lipinski definition) is 2. The lowest BCUT2D eigenvalue weighted by atomic mass is 10.2. The summed E-state index contributed by atoms with van der Waals surface area (Å²) in [6.07, 6.45) is -1.44. The molecule has 1 rings (SSSR count). The summed E-state index contributed by atoms with van der Waals surface area (Å²) >= 11 is 0. The van der Waals surface area contributed by atoms with Crippen LogP contribution in [0, 0.1) is 0 Å². The van der Waals surface area contributed by atoms with Gasteiger partial charge in [-0.3, -0.25) is 10.1 Å². The Hall–Kier alpha value is -2.04. The van der Waals surface area contributed by atoms with Crippen LogP contribution < -0.4 is 10.4 Å². The van der Waals surface area contributed by atoms with Crippen molar-refractivity contribution in [3.05, 3.63) is 29.8 Å². The topological polar surface area (TPSA) is 89.5 Å². The number of rotatable bonds is 1. The average Bonchev–Trinajstić information content (AvgIpc) is 2.03. The van der Waals surface area contributed by atoms with E-state index >= 15 is 0 Å². The molecule has 5 nitrogen and oxygen atoms in total. The highest BCUT2D eigenvalue weighted by atomic mass is 16.4. The van der Waals surface area contributed by atoms with E-state index in [0.29, 0.717) is 0 Å². The minimum absolute atomic E-state index is 0.0369. The molecule has 0 bridgehead atoms. The van der Waals surface area contributed by atoms with Crippen molar-refractivity contribution in [1.82, 2.24) is 5.32 Å². The van der Waals surface area contributed by atoms with Crippen LogP contribution >= 0.6 is 0 Å². The highest BCUT2D eigenvalue weighted by Gasteiger charge is 2.06. The molecule has 0 aliphatic carbocycles. The van der Waals surface area contributed by atoms with Crippen LogP contribution in [-0.2, 0) is 0 Å². The fourth-order valence-electron chi connectivity index (χ4n) is 0.807. The normalized spacial score (nSPS) is 9.23. The van der Waals surface area contributed by atoms with Crippen LogP contribution in [-0.4, -0.2) is 17.1 Å². The minimum atomic E-state index is -1.44. The lowest BCUT2D eigenvalue weighted by molar-refractivity contribution is -0.268. The standard InChI is InChI=1S/C8H7NO4/c10-6-3-1-2-5(4-6)7(11)9-8(12)13/h1-4,10H,(H,9,11)(H,12,13)/p-1. The lowest BCUT2D eigenvalue weighted by Gasteiger charge is -2.06. The van der Waals surface area contributed by atoms with Gasteiger partial charge in [0.1, 0.15) is 0 Å². The first-order chi connectivity index (χ1) is 6.09. The Morgan fingerprint density at radius 1 is 1.38 bits per heavy atom. The Morgan fingerprint density at radius 2 is 2.08 bits per heavy atom. The average molecular weight is 180 g/mol. The van der Waals surface area contributed by atoms with E-state index in [1.54, 1.807) is 5.32 Å². The predicted octanol–water partition coefficient (Wildman–Crippen LogP) is 0.168. The van der Waals surface area contributed by atoms with E-state index in [2.05, 4.69) is 0 Å². The summed E-state index contributed by atoms with van der Waals surface area (Å²) in [5.41, 5.74) is 0.0369. The zero-order valence-corrected chi connectivity index (χ0v) is 6.48. The van der Waals surface area contributed by atoms with Crippen molar-refractivity contribution in [2.75, 3.05) is 0 Å². The number of carbonyl (C=O) groups excluding carboxylic acids is 1. The molecule has 0 aliphatic heterocycles. The van der Waals surface area contributed by atoms with Gasteiger partial charge in [0.05, 0.1) is 0 Å². The van der Waals surface area contributed by atoms with Gasteiger partial charge in [-0.05, 0) is 6.07 Å². The molecule has 68 valence electrons. The van der Waals surface area contributed by atoms with Gasteiger partial charge in [0.25, 0.3) is 5.91 Å². The van der Waals surface area contributed by atoms with Crippen molar-refractivity contribution in [2.45, 2.75) is 0 Å². The molecule has 0 aliphatic rings. The first-order valence-electron chi connectivity index (χ1n) is 3.41. The molecule has 0 saturated carbocycles. The maximum absolute atomic E-state index is 11.0. The molecule has 13 heavy (non-hydrogen) atoms. The molecular formula is C8H6NO4-. The zero-order valence-electron chi connectivity index (χ0n) is 6.48. The number of carboxylic acid groups (broad SMARTS) is 1. The molecule has 0 heterocycles. The highest BCUT2D eigenvalue weighted by Crippen LogP contribution is 2.07. The van der Waals surface area contributed by atoms with Crippen molar-refractivity contribution in [3.8, 4) is 5.75 Å². The molecule has 0 unspecified atom stereocenters. The summed E-state index contributed by atoms with van der Waals surface area (Å²) in [7, 11) is 0. The third kappa shape index (κ3) is 2.48. The summed E-state index contributed by atoms with van der Waals surface area (Å²) in [4.78, 5) is 21.0. The Bertz CT molecular complexity index is 348. The minimum Gasteiger partial charge on any atom is -0.872 e. The van der Waals surface area contributed by atoms with Crippen LogP contribution in [0.5, 0.6) is 5.75 Å². The van der Waals surface area contributed by atoms with Crippen LogP contribution in [0.2, 0.25) is 0 Å². The van der Waals surface area contributed by atoms with Gasteiger partial charge in [0.15, 0.2) is 0 Å². The number of amides is 2. The number of hydrogen-bond acceptors (Lipinski definition) is 3. The summed E-state index contributed by atoms with van der Waals surface area (Å²) < 4.78 is 0. The first kappa shape index (κ1) is 9.05. The van der Waals surface area contributed by atoms with Crippen LogP contribution in [0.3, 0.4) is 0 Å². The molecule has 0 atom stereocenters. The SMILES string of the molecule is O=C(O)NC(=O)c1cccc([O-])c1. The van der Waals surface area contributed by atoms with Gasteiger partial charge in [0, 0.05) is 5.56 Å². The Kier molecular flexibility index (Phi) is 2.49. The maximum Gasteiger partial charge on any atom is 0.411 e. The highest BCUT2D eigenvalue weighted by molar-refractivity contribution is 6.02. The zero-order chi connectivity index (χ0) is 9.84. The number of nitrogens with one attached hydrogen (secondary N) is 1. The van der Waals surface area contributed by atoms with E-state index in [1.807, 2.05) is 0 Å². The molecule has 2 amide bonds. The number of carbonyl (C=O) groups is 2. The van der Waals surface area contributed by atoms with Crippen molar-refractivity contribution < 1.29 is 19.8 Å². The molecule has 1 aromatic carbocycles. The largest absolute Gasteiger partial charge is 0.872 e. The number of benzene rings is 1. The predicted molar refractivity (Wildman–Crippen MR) is 41.4 cm³/mol. The second kappa shape index (κ2) is 3.57. The molecule has 0 aromatic heterocycles. The fourth-order valence-corrected chi connectivity index (χ4v) is 0.807. The summed E-state index contributed by atoms with van der Waals surface area (Å²) in [6, 6.07) is 5.09. The van der Waals surface area contributed by atoms with Crippen LogP contribution in [0.4, 0.5) is 4.79 Å². The molecule has 2 N–H and O–H groups in total. The van der Waals surface area contributed by atoms with Crippen molar-refractivity contribution in [3.63, 3.8) is 0 Å². The molecule has 0 saturated heterocycles. The molecule has 1 aromatic rings. The van der Waals surface area contributed by atoms with E-state index in [0.717, 1.165) is 6.07 Å². The fraction of sp³-hybridized carbons (Fsp3) is 0. The molecule has 0 radical (unpaired) electrons. The Balaban J connectivity index is 2.83. The lowest BCUT2D eigenvalue weighted by Crippen LogP contribution is -2.28. The molecule has 0 fully saturated rings. The number of imide groups is 1. The van der Waals surface area contributed by atoms with Gasteiger partial charge >= 0.3 is 6.09 Å². The van der Waals surface area contributed by atoms with Crippen molar-refractivity contribution in [1.29, 1.82) is 0 Å². The summed E-state index contributed by atoms with van der Waals surface area (Å²) in [6.45, 7) is 0. The van der Waals surface area contributed by atoms with Gasteiger partial charge in [-0.1, -0.05) is 18.2 Å². The van der Waals surface area contributed by atoms with Gasteiger partial charge in [-0.2, -0.15) is 0 Å². The Morgan fingerprint density at radius 3 is 2.62 bits per heavy atom. The van der Waals surface area contributed by atoms with Crippen LogP contribution in [0.15, 0.2) is 24.3 Å². The Labute approximate surface area is 73.6 Å². The second-order valence-corrected chi connectivity index (χ2v) is 2.29. The van der Waals surface area contributed by atoms with Gasteiger partial charge in [-0.25, -0.2) is 4.79 Å². The quantitative estimate of drug-likeness (QED) is 0.644. The molecule has 5 heteroatoms. The van der Waals surface area contributed by atoms with E-state index in [-0.39, 0.29) is 11.3 Å². The van der Waals surface area contributed by atoms with E-state index in [1.165, 1.54) is 18.2 Å². The third-order valence-electron chi connectivity index (χ3n) is 1.32. The third-order valence-corrected chi connectivity index (χ3v) is 1.32. The monoisotopic (exact) mass is 180 g/mol. The second-order valence-electron chi connectivity index (χ2n) is 2.29. The maximum atomic E-state index is 11.0. The first-order valence-corrected chi connectivity index (χ1v) is 3.41. The van der Waals surface area contributed by atoms with Gasteiger partial charge < -0.3 is 10.2 Å². The smallest absolute Gasteiger partial charge is 0.411 e. The van der Waals surface area contributed by atoms with E-state index in [9.17, 15) is 14.7 Å². The van der Waals surface area contributed by atoms with Crippen molar-refractivity contribution >= 4 is 12.0 Å². The van der Waals surface area contributed by atoms with Crippen molar-refractivity contribution in [2.24, 2.45) is 0 Å². The summed E-state index contributed by atoms with van der Waals surface area (Å²) in [5.74, 6) is -1.14. The molecule has 0 spiro atoms. The van der Waals surface area contributed by atoms with Crippen LogP contribution in [0.25, 0.3) is 0 Å². The van der Waals surface area contributed by atoms with Gasteiger partial charge in [0.2, 0.25) is 0 Å². The summed E-state index contributed by atoms with van der Waals surface area (Å²) in [5, 5.41) is 20.6. The van der Waals surface area contributed by atoms with E-state index in [4.69, 9.17) is 5.11 Å². The molecular weight excluding hydrogens is 174 g/mol.